The van der Waals surface area contributed by atoms with Crippen molar-refractivity contribution in [1.82, 2.24) is 9.97 Å². The van der Waals surface area contributed by atoms with Crippen molar-refractivity contribution in [3.05, 3.63) is 17.5 Å². The summed E-state index contributed by atoms with van der Waals surface area (Å²) in [6, 6.07) is 1.47. The first-order valence-corrected chi connectivity index (χ1v) is 4.92. The first-order chi connectivity index (χ1) is 7.08. The molecule has 5 nitrogen and oxygen atoms in total. The Bertz CT molecular complexity index is 362. The van der Waals surface area contributed by atoms with Crippen molar-refractivity contribution in [3.8, 4) is 0 Å². The van der Waals surface area contributed by atoms with Crippen molar-refractivity contribution in [2.24, 2.45) is 0 Å². The second-order valence-corrected chi connectivity index (χ2v) is 3.17. The lowest BCUT2D eigenvalue weighted by atomic mass is 10.3. The van der Waals surface area contributed by atoms with Gasteiger partial charge in [-0.05, 0) is 26.8 Å². The van der Waals surface area contributed by atoms with E-state index in [0.29, 0.717) is 11.6 Å². The number of aromatic carboxylic acids is 1. The lowest BCUT2D eigenvalue weighted by Gasteiger charge is -2.18. The van der Waals surface area contributed by atoms with E-state index < -0.39 is 5.97 Å². The third kappa shape index (κ3) is 2.65. The molecule has 0 saturated carbocycles. The average molecular weight is 209 g/mol. The number of rotatable bonds is 4. The molecule has 0 amide bonds. The van der Waals surface area contributed by atoms with Crippen LogP contribution in [-0.2, 0) is 0 Å². The minimum absolute atomic E-state index is 0.0457. The minimum atomic E-state index is -1.02. The van der Waals surface area contributed by atoms with Gasteiger partial charge in [-0.2, -0.15) is 0 Å². The number of hydrogen-bond donors (Lipinski definition) is 1. The predicted molar refractivity (Wildman–Crippen MR) is 57.3 cm³/mol. The molecule has 15 heavy (non-hydrogen) atoms. The molecule has 0 radical (unpaired) electrons. The third-order valence-electron chi connectivity index (χ3n) is 2.11. The molecule has 1 N–H and O–H groups in total. The van der Waals surface area contributed by atoms with Crippen LogP contribution < -0.4 is 4.90 Å². The van der Waals surface area contributed by atoms with Gasteiger partial charge in [-0.3, -0.25) is 0 Å². The van der Waals surface area contributed by atoms with E-state index in [2.05, 4.69) is 9.97 Å². The summed E-state index contributed by atoms with van der Waals surface area (Å²) in [5, 5.41) is 8.85. The second kappa shape index (κ2) is 4.72. The summed E-state index contributed by atoms with van der Waals surface area (Å²) in [4.78, 5) is 20.9. The molecule has 0 atom stereocenters. The Morgan fingerprint density at radius 2 is 2.00 bits per heavy atom. The van der Waals surface area contributed by atoms with Gasteiger partial charge in [-0.1, -0.05) is 0 Å². The van der Waals surface area contributed by atoms with Gasteiger partial charge < -0.3 is 10.0 Å². The molecule has 0 aromatic carbocycles. The van der Waals surface area contributed by atoms with Gasteiger partial charge in [-0.15, -0.1) is 0 Å². The van der Waals surface area contributed by atoms with Crippen molar-refractivity contribution in [2.45, 2.75) is 20.8 Å². The summed E-state index contributed by atoms with van der Waals surface area (Å²) in [6.45, 7) is 7.25. The fourth-order valence-corrected chi connectivity index (χ4v) is 1.31. The molecule has 82 valence electrons. The van der Waals surface area contributed by atoms with E-state index in [1.165, 1.54) is 6.07 Å². The summed E-state index contributed by atoms with van der Waals surface area (Å²) in [7, 11) is 0. The van der Waals surface area contributed by atoms with E-state index in [0.717, 1.165) is 13.1 Å². The number of carboxylic acids is 1. The van der Waals surface area contributed by atoms with E-state index in [1.807, 2.05) is 18.7 Å². The Morgan fingerprint density at radius 1 is 1.40 bits per heavy atom. The number of hydrogen-bond acceptors (Lipinski definition) is 4. The smallest absolute Gasteiger partial charge is 0.354 e. The Labute approximate surface area is 88.8 Å². The van der Waals surface area contributed by atoms with E-state index in [9.17, 15) is 4.79 Å². The zero-order chi connectivity index (χ0) is 11.4. The van der Waals surface area contributed by atoms with Gasteiger partial charge in [0.05, 0.1) is 0 Å². The standard InChI is InChI=1S/C10H15N3O2/c1-4-13(5-2)10-11-7(3)6-8(12-10)9(14)15/h6H,4-5H2,1-3H3,(H,14,15). The number of carboxylic acid groups (broad SMARTS) is 1. The van der Waals surface area contributed by atoms with Crippen LogP contribution in [0.15, 0.2) is 6.07 Å². The van der Waals surface area contributed by atoms with Crippen LogP contribution in [0.2, 0.25) is 0 Å². The molecule has 0 unspecified atom stereocenters. The molecule has 1 aromatic heterocycles. The van der Waals surface area contributed by atoms with E-state index >= 15 is 0 Å². The SMILES string of the molecule is CCN(CC)c1nc(C)cc(C(=O)O)n1. The molecule has 1 heterocycles. The maximum atomic E-state index is 10.8. The molecule has 0 spiro atoms. The highest BCUT2D eigenvalue weighted by molar-refractivity contribution is 5.85. The summed E-state index contributed by atoms with van der Waals surface area (Å²) in [5.41, 5.74) is 0.716. The second-order valence-electron chi connectivity index (χ2n) is 3.17. The summed E-state index contributed by atoms with van der Waals surface area (Å²) in [5.74, 6) is -0.536. The van der Waals surface area contributed by atoms with E-state index in [-0.39, 0.29) is 5.69 Å². The van der Waals surface area contributed by atoms with Crippen molar-refractivity contribution in [2.75, 3.05) is 18.0 Å². The lowest BCUT2D eigenvalue weighted by molar-refractivity contribution is 0.0690. The highest BCUT2D eigenvalue weighted by atomic mass is 16.4. The fourth-order valence-electron chi connectivity index (χ4n) is 1.31. The van der Waals surface area contributed by atoms with Crippen LogP contribution in [0, 0.1) is 6.92 Å². The molecule has 1 rings (SSSR count). The largest absolute Gasteiger partial charge is 0.477 e. The number of anilines is 1. The first-order valence-electron chi connectivity index (χ1n) is 4.92. The molecule has 0 aliphatic carbocycles. The highest BCUT2D eigenvalue weighted by Crippen LogP contribution is 2.09. The molecule has 0 bridgehead atoms. The Kier molecular flexibility index (Phi) is 3.60. The van der Waals surface area contributed by atoms with Gasteiger partial charge in [0, 0.05) is 18.8 Å². The number of nitrogens with zero attached hydrogens (tertiary/aromatic N) is 3. The zero-order valence-electron chi connectivity index (χ0n) is 9.19. The van der Waals surface area contributed by atoms with Crippen LogP contribution in [0.3, 0.4) is 0 Å². The molecule has 1 aromatic rings. The highest BCUT2D eigenvalue weighted by Gasteiger charge is 2.11. The molecule has 0 saturated heterocycles. The summed E-state index contributed by atoms with van der Waals surface area (Å²) >= 11 is 0. The quantitative estimate of drug-likeness (QED) is 0.810. The van der Waals surface area contributed by atoms with Crippen molar-refractivity contribution < 1.29 is 9.90 Å². The monoisotopic (exact) mass is 209 g/mol. The van der Waals surface area contributed by atoms with Crippen LogP contribution in [0.4, 0.5) is 5.95 Å². The summed E-state index contributed by atoms with van der Waals surface area (Å²) < 4.78 is 0. The number of aryl methyl sites for hydroxylation is 1. The van der Waals surface area contributed by atoms with E-state index in [4.69, 9.17) is 5.11 Å². The maximum Gasteiger partial charge on any atom is 0.354 e. The van der Waals surface area contributed by atoms with Crippen molar-refractivity contribution >= 4 is 11.9 Å². The van der Waals surface area contributed by atoms with E-state index in [1.54, 1.807) is 6.92 Å². The van der Waals surface area contributed by atoms with Crippen LogP contribution in [-0.4, -0.2) is 34.1 Å². The zero-order valence-corrected chi connectivity index (χ0v) is 9.19. The normalized spacial score (nSPS) is 10.1. The lowest BCUT2D eigenvalue weighted by Crippen LogP contribution is -2.25. The van der Waals surface area contributed by atoms with Gasteiger partial charge in [-0.25, -0.2) is 14.8 Å². The van der Waals surface area contributed by atoms with Gasteiger partial charge in [0.2, 0.25) is 5.95 Å². The predicted octanol–water partition coefficient (Wildman–Crippen LogP) is 1.33. The third-order valence-corrected chi connectivity index (χ3v) is 2.11. The van der Waals surface area contributed by atoms with Gasteiger partial charge in [0.1, 0.15) is 0 Å². The topological polar surface area (TPSA) is 66.3 Å². The Hall–Kier alpha value is -1.65. The van der Waals surface area contributed by atoms with Crippen molar-refractivity contribution in [1.29, 1.82) is 0 Å². The minimum Gasteiger partial charge on any atom is -0.477 e. The van der Waals surface area contributed by atoms with Crippen LogP contribution in [0.5, 0.6) is 0 Å². The molecule has 5 heteroatoms. The summed E-state index contributed by atoms with van der Waals surface area (Å²) in [6.07, 6.45) is 0. The average Bonchev–Trinajstić information content (AvgIpc) is 2.18. The Morgan fingerprint density at radius 3 is 2.47 bits per heavy atom. The van der Waals surface area contributed by atoms with Gasteiger partial charge in [0.25, 0.3) is 0 Å². The fraction of sp³-hybridized carbons (Fsp3) is 0.500. The maximum absolute atomic E-state index is 10.8. The molecule has 0 aliphatic rings. The molecular weight excluding hydrogens is 194 g/mol. The molecule has 0 aliphatic heterocycles. The molecular formula is C10H15N3O2. The van der Waals surface area contributed by atoms with Gasteiger partial charge in [0.15, 0.2) is 5.69 Å². The van der Waals surface area contributed by atoms with Crippen LogP contribution >= 0.6 is 0 Å². The van der Waals surface area contributed by atoms with Crippen LogP contribution in [0.25, 0.3) is 0 Å². The molecule has 0 fully saturated rings. The Balaban J connectivity index is 3.13. The van der Waals surface area contributed by atoms with Crippen molar-refractivity contribution in [3.63, 3.8) is 0 Å². The number of aromatic nitrogens is 2. The first kappa shape index (κ1) is 11.4. The number of carbonyl (C=O) groups is 1. The van der Waals surface area contributed by atoms with Gasteiger partial charge >= 0.3 is 5.97 Å². The van der Waals surface area contributed by atoms with Crippen LogP contribution in [0.1, 0.15) is 30.0 Å².